The minimum Gasteiger partial charge on any atom is -0.478 e. The smallest absolute Gasteiger partial charge is 0.339 e. The Kier molecular flexibility index (Phi) is 2.71. The molecule has 0 aliphatic carbocycles. The van der Waals surface area contributed by atoms with Gasteiger partial charge in [-0.05, 0) is 19.4 Å². The van der Waals surface area contributed by atoms with E-state index in [0.29, 0.717) is 5.69 Å². The summed E-state index contributed by atoms with van der Waals surface area (Å²) in [6.07, 6.45) is 1.52. The van der Waals surface area contributed by atoms with Crippen LogP contribution in [0, 0.1) is 13.8 Å². The number of rotatable bonds is 2. The Balaban J connectivity index is 2.63. The van der Waals surface area contributed by atoms with Crippen molar-refractivity contribution in [3.8, 4) is 11.3 Å². The van der Waals surface area contributed by atoms with E-state index in [1.165, 1.54) is 10.9 Å². The van der Waals surface area contributed by atoms with Crippen molar-refractivity contribution in [3.05, 3.63) is 41.1 Å². The maximum Gasteiger partial charge on any atom is 0.339 e. The van der Waals surface area contributed by atoms with Crippen LogP contribution < -0.4 is 0 Å². The van der Waals surface area contributed by atoms with Gasteiger partial charge in [-0.25, -0.2) is 4.79 Å². The largest absolute Gasteiger partial charge is 0.478 e. The highest BCUT2D eigenvalue weighted by Crippen LogP contribution is 2.26. The van der Waals surface area contributed by atoms with Crippen LogP contribution in [0.4, 0.5) is 0 Å². The fourth-order valence-corrected chi connectivity index (χ4v) is 1.92. The lowest BCUT2D eigenvalue weighted by atomic mass is 10.0. The number of aryl methyl sites for hydroxylation is 3. The second-order valence-corrected chi connectivity index (χ2v) is 4.19. The fourth-order valence-electron chi connectivity index (χ4n) is 1.92. The molecular formula is C13H14N2O2. The van der Waals surface area contributed by atoms with Crippen LogP contribution in [0.1, 0.15) is 21.5 Å². The average molecular weight is 230 g/mol. The minimum atomic E-state index is -0.951. The zero-order valence-electron chi connectivity index (χ0n) is 10.1. The van der Waals surface area contributed by atoms with Crippen molar-refractivity contribution in [2.45, 2.75) is 13.8 Å². The number of aromatic carboxylic acids is 1. The lowest BCUT2D eigenvalue weighted by Gasteiger charge is -2.04. The second kappa shape index (κ2) is 4.05. The van der Waals surface area contributed by atoms with Crippen molar-refractivity contribution in [1.29, 1.82) is 0 Å². The van der Waals surface area contributed by atoms with Crippen LogP contribution in [0.25, 0.3) is 11.3 Å². The molecule has 0 saturated carbocycles. The summed E-state index contributed by atoms with van der Waals surface area (Å²) in [6, 6.07) is 5.90. The number of aromatic nitrogens is 2. The molecular weight excluding hydrogens is 216 g/mol. The third-order valence-corrected chi connectivity index (χ3v) is 2.70. The van der Waals surface area contributed by atoms with Crippen LogP contribution in [0.3, 0.4) is 0 Å². The molecule has 0 atom stereocenters. The van der Waals surface area contributed by atoms with Gasteiger partial charge in [0, 0.05) is 18.8 Å². The zero-order chi connectivity index (χ0) is 12.6. The van der Waals surface area contributed by atoms with E-state index in [1.807, 2.05) is 32.0 Å². The summed E-state index contributed by atoms with van der Waals surface area (Å²) in [7, 11) is 1.72. The van der Waals surface area contributed by atoms with Crippen molar-refractivity contribution in [2.75, 3.05) is 0 Å². The van der Waals surface area contributed by atoms with Crippen LogP contribution >= 0.6 is 0 Å². The predicted octanol–water partition coefficient (Wildman–Crippen LogP) is 2.40. The zero-order valence-corrected chi connectivity index (χ0v) is 10.1. The minimum absolute atomic E-state index is 0.236. The Morgan fingerprint density at radius 3 is 2.65 bits per heavy atom. The summed E-state index contributed by atoms with van der Waals surface area (Å²) in [5, 5.41) is 13.4. The highest BCUT2D eigenvalue weighted by Gasteiger charge is 2.17. The normalized spacial score (nSPS) is 10.5. The molecule has 4 heteroatoms. The summed E-state index contributed by atoms with van der Waals surface area (Å²) < 4.78 is 1.53. The SMILES string of the molecule is Cc1ccc(-c2nn(C)cc2C(=O)O)c(C)c1. The molecule has 0 saturated heterocycles. The molecule has 0 aliphatic rings. The Labute approximate surface area is 99.5 Å². The van der Waals surface area contributed by atoms with Crippen LogP contribution in [-0.2, 0) is 7.05 Å². The first-order valence-corrected chi connectivity index (χ1v) is 5.33. The van der Waals surface area contributed by atoms with Gasteiger partial charge in [0.1, 0.15) is 11.3 Å². The van der Waals surface area contributed by atoms with Gasteiger partial charge in [0.05, 0.1) is 0 Å². The molecule has 0 aliphatic heterocycles. The van der Waals surface area contributed by atoms with Crippen molar-refractivity contribution in [1.82, 2.24) is 9.78 Å². The molecule has 0 spiro atoms. The summed E-state index contributed by atoms with van der Waals surface area (Å²) >= 11 is 0. The molecule has 1 N–H and O–H groups in total. The number of hydrogen-bond donors (Lipinski definition) is 1. The van der Waals surface area contributed by atoms with Crippen LogP contribution in [0.2, 0.25) is 0 Å². The molecule has 4 nitrogen and oxygen atoms in total. The van der Waals surface area contributed by atoms with Gasteiger partial charge < -0.3 is 5.11 Å². The van der Waals surface area contributed by atoms with Crippen molar-refractivity contribution < 1.29 is 9.90 Å². The van der Waals surface area contributed by atoms with Gasteiger partial charge in [0.15, 0.2) is 0 Å². The van der Waals surface area contributed by atoms with Crippen LogP contribution in [-0.4, -0.2) is 20.9 Å². The maximum absolute atomic E-state index is 11.1. The lowest BCUT2D eigenvalue weighted by molar-refractivity contribution is 0.0697. The summed E-state index contributed by atoms with van der Waals surface area (Å²) in [5.41, 5.74) is 3.82. The predicted molar refractivity (Wildman–Crippen MR) is 65.1 cm³/mol. The van der Waals surface area contributed by atoms with E-state index in [1.54, 1.807) is 7.05 Å². The highest BCUT2D eigenvalue weighted by atomic mass is 16.4. The Bertz CT molecular complexity index is 585. The summed E-state index contributed by atoms with van der Waals surface area (Å²) in [4.78, 5) is 11.1. The van der Waals surface area contributed by atoms with E-state index in [4.69, 9.17) is 5.11 Å². The number of carboxylic acids is 1. The molecule has 0 fully saturated rings. The van der Waals surface area contributed by atoms with Gasteiger partial charge in [0.2, 0.25) is 0 Å². The number of hydrogen-bond acceptors (Lipinski definition) is 2. The van der Waals surface area contributed by atoms with E-state index in [0.717, 1.165) is 16.7 Å². The summed E-state index contributed by atoms with van der Waals surface area (Å²) in [5.74, 6) is -0.951. The van der Waals surface area contributed by atoms with E-state index in [9.17, 15) is 4.79 Å². The molecule has 0 radical (unpaired) electrons. The standard InChI is InChI=1S/C13H14N2O2/c1-8-4-5-10(9(2)6-8)12-11(13(16)17)7-15(3)14-12/h4-7H,1-3H3,(H,16,17). The van der Waals surface area contributed by atoms with E-state index >= 15 is 0 Å². The van der Waals surface area contributed by atoms with Gasteiger partial charge in [-0.1, -0.05) is 23.8 Å². The first-order valence-electron chi connectivity index (χ1n) is 5.33. The van der Waals surface area contributed by atoms with Crippen molar-refractivity contribution in [2.24, 2.45) is 7.05 Å². The molecule has 1 aromatic heterocycles. The molecule has 0 bridgehead atoms. The average Bonchev–Trinajstić information content (AvgIpc) is 2.60. The van der Waals surface area contributed by atoms with E-state index in [2.05, 4.69) is 5.10 Å². The third kappa shape index (κ3) is 2.06. The molecule has 2 rings (SSSR count). The van der Waals surface area contributed by atoms with Gasteiger partial charge in [-0.3, -0.25) is 4.68 Å². The number of carboxylic acid groups (broad SMARTS) is 1. The van der Waals surface area contributed by atoms with Crippen molar-refractivity contribution in [3.63, 3.8) is 0 Å². The topological polar surface area (TPSA) is 55.1 Å². The summed E-state index contributed by atoms with van der Waals surface area (Å²) in [6.45, 7) is 3.97. The molecule has 0 unspecified atom stereocenters. The number of nitrogens with zero attached hydrogens (tertiary/aromatic N) is 2. The molecule has 0 amide bonds. The maximum atomic E-state index is 11.1. The number of benzene rings is 1. The Morgan fingerprint density at radius 1 is 1.35 bits per heavy atom. The molecule has 17 heavy (non-hydrogen) atoms. The van der Waals surface area contributed by atoms with Gasteiger partial charge in [-0.2, -0.15) is 5.10 Å². The molecule has 88 valence electrons. The first-order chi connectivity index (χ1) is 7.99. The third-order valence-electron chi connectivity index (χ3n) is 2.70. The van der Waals surface area contributed by atoms with E-state index < -0.39 is 5.97 Å². The van der Waals surface area contributed by atoms with E-state index in [-0.39, 0.29) is 5.56 Å². The molecule has 1 heterocycles. The monoisotopic (exact) mass is 230 g/mol. The number of carbonyl (C=O) groups is 1. The van der Waals surface area contributed by atoms with Crippen LogP contribution in [0.15, 0.2) is 24.4 Å². The van der Waals surface area contributed by atoms with Gasteiger partial charge >= 0.3 is 5.97 Å². The molecule has 2 aromatic rings. The van der Waals surface area contributed by atoms with Gasteiger partial charge in [0.25, 0.3) is 0 Å². The highest BCUT2D eigenvalue weighted by molar-refractivity contribution is 5.95. The fraction of sp³-hybridized carbons (Fsp3) is 0.231. The lowest BCUT2D eigenvalue weighted by Crippen LogP contribution is -1.97. The quantitative estimate of drug-likeness (QED) is 0.861. The second-order valence-electron chi connectivity index (χ2n) is 4.19. The first kappa shape index (κ1) is 11.4. The Morgan fingerprint density at radius 2 is 2.06 bits per heavy atom. The van der Waals surface area contributed by atoms with Crippen molar-refractivity contribution >= 4 is 5.97 Å². The Hall–Kier alpha value is -2.10. The van der Waals surface area contributed by atoms with Crippen LogP contribution in [0.5, 0.6) is 0 Å². The van der Waals surface area contributed by atoms with Gasteiger partial charge in [-0.15, -0.1) is 0 Å². The molecule has 1 aromatic carbocycles.